The van der Waals surface area contributed by atoms with E-state index in [0.29, 0.717) is 28.5 Å². The summed E-state index contributed by atoms with van der Waals surface area (Å²) in [5, 5.41) is 12.5. The molecule has 0 bridgehead atoms. The minimum Gasteiger partial charge on any atom is -0.323 e. The summed E-state index contributed by atoms with van der Waals surface area (Å²) in [4.78, 5) is 8.57. The van der Waals surface area contributed by atoms with Crippen molar-refractivity contribution in [1.29, 1.82) is 0 Å². The Hall–Kier alpha value is -3.79. The van der Waals surface area contributed by atoms with Crippen LogP contribution in [0.2, 0.25) is 0 Å². The average Bonchev–Trinajstić information content (AvgIpc) is 3.29. The van der Waals surface area contributed by atoms with E-state index in [1.54, 1.807) is 60.4 Å². The highest BCUT2D eigenvalue weighted by atomic mass is 32.2. The largest absolute Gasteiger partial charge is 0.323 e. The standard InChI is InChI=1S/C20H17N7O2S/c1-13-3-6-16(7-4-13)30(28,29)27-18-11-15(5-8-17(18)14(2)24-27)22-20-23-19-9-10-21-12-26(19)25-20/h3-12H,1-2H3,(H,22,25). The number of aromatic nitrogens is 6. The van der Waals surface area contributed by atoms with Crippen molar-refractivity contribution < 1.29 is 8.42 Å². The quantitative estimate of drug-likeness (QED) is 0.477. The van der Waals surface area contributed by atoms with E-state index < -0.39 is 10.0 Å². The lowest BCUT2D eigenvalue weighted by atomic mass is 10.2. The van der Waals surface area contributed by atoms with Crippen LogP contribution in [-0.4, -0.2) is 37.2 Å². The normalized spacial score (nSPS) is 11.9. The summed E-state index contributed by atoms with van der Waals surface area (Å²) >= 11 is 0. The molecule has 0 saturated carbocycles. The predicted octanol–water partition coefficient (Wildman–Crippen LogP) is 3.07. The summed E-state index contributed by atoms with van der Waals surface area (Å²) < 4.78 is 29.0. The lowest BCUT2D eigenvalue weighted by Crippen LogP contribution is -2.14. The molecule has 0 atom stereocenters. The Morgan fingerprint density at radius 3 is 2.53 bits per heavy atom. The zero-order chi connectivity index (χ0) is 20.9. The highest BCUT2D eigenvalue weighted by Crippen LogP contribution is 2.27. The average molecular weight is 419 g/mol. The first-order chi connectivity index (χ1) is 14.4. The molecule has 9 nitrogen and oxygen atoms in total. The summed E-state index contributed by atoms with van der Waals surface area (Å²) in [5.41, 5.74) is 3.38. The summed E-state index contributed by atoms with van der Waals surface area (Å²) in [5.74, 6) is 0.381. The van der Waals surface area contributed by atoms with Gasteiger partial charge in [0, 0.05) is 23.3 Å². The van der Waals surface area contributed by atoms with Crippen molar-refractivity contribution in [2.45, 2.75) is 18.7 Å². The van der Waals surface area contributed by atoms with Gasteiger partial charge >= 0.3 is 0 Å². The summed E-state index contributed by atoms with van der Waals surface area (Å²) in [7, 11) is -3.84. The molecule has 30 heavy (non-hydrogen) atoms. The second-order valence-corrected chi connectivity index (χ2v) is 8.69. The Labute approximate surface area is 172 Å². The molecule has 0 aliphatic rings. The summed E-state index contributed by atoms with van der Waals surface area (Å²) in [6.07, 6.45) is 3.19. The van der Waals surface area contributed by atoms with Gasteiger partial charge in [0.05, 0.1) is 16.1 Å². The van der Waals surface area contributed by atoms with Crippen LogP contribution in [0.3, 0.4) is 0 Å². The number of hydrogen-bond acceptors (Lipinski definition) is 7. The van der Waals surface area contributed by atoms with Gasteiger partial charge in [-0.1, -0.05) is 17.7 Å². The van der Waals surface area contributed by atoms with E-state index >= 15 is 0 Å². The maximum Gasteiger partial charge on any atom is 0.283 e. The Kier molecular flexibility index (Phi) is 4.03. The third-order valence-electron chi connectivity index (χ3n) is 4.78. The van der Waals surface area contributed by atoms with Crippen molar-refractivity contribution >= 4 is 38.2 Å². The van der Waals surface area contributed by atoms with Crippen LogP contribution in [0.4, 0.5) is 11.6 Å². The van der Waals surface area contributed by atoms with Gasteiger partial charge in [0.15, 0.2) is 5.65 Å². The highest BCUT2D eigenvalue weighted by Gasteiger charge is 2.22. The summed E-state index contributed by atoms with van der Waals surface area (Å²) in [6.45, 7) is 3.69. The first kappa shape index (κ1) is 18.3. The highest BCUT2D eigenvalue weighted by molar-refractivity contribution is 7.90. The number of hydrogen-bond donors (Lipinski definition) is 1. The Morgan fingerprint density at radius 2 is 1.77 bits per heavy atom. The molecule has 0 fully saturated rings. The van der Waals surface area contributed by atoms with E-state index in [2.05, 4.69) is 25.5 Å². The van der Waals surface area contributed by atoms with Crippen molar-refractivity contribution in [3.8, 4) is 0 Å². The molecule has 0 unspecified atom stereocenters. The maximum atomic E-state index is 13.2. The molecule has 0 aliphatic heterocycles. The molecule has 5 rings (SSSR count). The molecular formula is C20H17N7O2S. The lowest BCUT2D eigenvalue weighted by molar-refractivity contribution is 0.582. The predicted molar refractivity (Wildman–Crippen MR) is 112 cm³/mol. The second kappa shape index (κ2) is 6.63. The van der Waals surface area contributed by atoms with Gasteiger partial charge in [-0.25, -0.2) is 9.50 Å². The number of fused-ring (bicyclic) bond motifs is 2. The van der Waals surface area contributed by atoms with Gasteiger partial charge in [0.1, 0.15) is 6.33 Å². The van der Waals surface area contributed by atoms with Gasteiger partial charge in [-0.05, 0) is 44.2 Å². The van der Waals surface area contributed by atoms with E-state index in [-0.39, 0.29) is 4.90 Å². The van der Waals surface area contributed by atoms with Crippen LogP contribution in [0, 0.1) is 13.8 Å². The number of benzene rings is 2. The molecule has 0 radical (unpaired) electrons. The van der Waals surface area contributed by atoms with Gasteiger partial charge in [-0.15, -0.1) is 5.10 Å². The minimum atomic E-state index is -3.84. The maximum absolute atomic E-state index is 13.2. The van der Waals surface area contributed by atoms with Gasteiger partial charge < -0.3 is 5.32 Å². The first-order valence-corrected chi connectivity index (χ1v) is 10.6. The van der Waals surface area contributed by atoms with Crippen LogP contribution in [0.5, 0.6) is 0 Å². The minimum absolute atomic E-state index is 0.186. The fourth-order valence-electron chi connectivity index (χ4n) is 3.24. The van der Waals surface area contributed by atoms with Gasteiger partial charge in [0.25, 0.3) is 10.0 Å². The van der Waals surface area contributed by atoms with Gasteiger partial charge in [-0.3, -0.25) is 0 Å². The van der Waals surface area contributed by atoms with Gasteiger partial charge in [0.2, 0.25) is 5.95 Å². The molecule has 0 saturated heterocycles. The molecule has 1 N–H and O–H groups in total. The zero-order valence-corrected chi connectivity index (χ0v) is 17.0. The third kappa shape index (κ3) is 2.98. The second-order valence-electron chi connectivity index (χ2n) is 6.92. The lowest BCUT2D eigenvalue weighted by Gasteiger charge is -2.07. The van der Waals surface area contributed by atoms with Crippen LogP contribution >= 0.6 is 0 Å². The SMILES string of the molecule is Cc1ccc(S(=O)(=O)n2nc(C)c3ccc(Nc4nc5ccncn5n4)cc32)cc1. The Balaban J connectivity index is 1.59. The molecule has 2 aromatic carbocycles. The molecule has 5 aromatic rings. The Bertz CT molecular complexity index is 1470. The monoisotopic (exact) mass is 419 g/mol. The number of nitrogens with one attached hydrogen (secondary N) is 1. The first-order valence-electron chi connectivity index (χ1n) is 9.17. The smallest absolute Gasteiger partial charge is 0.283 e. The molecule has 3 aromatic heterocycles. The van der Waals surface area contributed by atoms with E-state index in [9.17, 15) is 8.42 Å². The molecule has 0 amide bonds. The molecule has 3 heterocycles. The van der Waals surface area contributed by atoms with E-state index in [1.807, 2.05) is 19.1 Å². The molecule has 10 heteroatoms. The van der Waals surface area contributed by atoms with E-state index in [4.69, 9.17) is 0 Å². The molecular weight excluding hydrogens is 402 g/mol. The van der Waals surface area contributed by atoms with Crippen LogP contribution in [0.25, 0.3) is 16.6 Å². The van der Waals surface area contributed by atoms with Crippen molar-refractivity contribution in [2.75, 3.05) is 5.32 Å². The van der Waals surface area contributed by atoms with Gasteiger partial charge in [-0.2, -0.15) is 22.6 Å². The number of nitrogens with zero attached hydrogens (tertiary/aromatic N) is 6. The Morgan fingerprint density at radius 1 is 0.967 bits per heavy atom. The van der Waals surface area contributed by atoms with E-state index in [0.717, 1.165) is 15.0 Å². The van der Waals surface area contributed by atoms with Crippen LogP contribution < -0.4 is 5.32 Å². The fourth-order valence-corrected chi connectivity index (χ4v) is 4.56. The van der Waals surface area contributed by atoms with Crippen molar-refractivity contribution in [1.82, 2.24) is 28.8 Å². The van der Waals surface area contributed by atoms with Crippen LogP contribution in [0.1, 0.15) is 11.3 Å². The molecule has 0 spiro atoms. The molecule has 150 valence electrons. The topological polar surface area (TPSA) is 107 Å². The summed E-state index contributed by atoms with van der Waals surface area (Å²) in [6, 6.07) is 13.8. The number of rotatable bonds is 4. The number of aryl methyl sites for hydroxylation is 2. The van der Waals surface area contributed by atoms with Crippen molar-refractivity contribution in [3.05, 3.63) is 72.3 Å². The third-order valence-corrected chi connectivity index (χ3v) is 6.38. The molecule has 0 aliphatic carbocycles. The van der Waals surface area contributed by atoms with Crippen LogP contribution in [-0.2, 0) is 10.0 Å². The van der Waals surface area contributed by atoms with Crippen molar-refractivity contribution in [3.63, 3.8) is 0 Å². The fraction of sp³-hybridized carbons (Fsp3) is 0.100. The van der Waals surface area contributed by atoms with E-state index in [1.165, 1.54) is 0 Å². The van der Waals surface area contributed by atoms with Crippen molar-refractivity contribution in [2.24, 2.45) is 0 Å². The zero-order valence-electron chi connectivity index (χ0n) is 16.2. The number of anilines is 2. The van der Waals surface area contributed by atoms with Crippen LogP contribution in [0.15, 0.2) is 66.0 Å².